The van der Waals surface area contributed by atoms with Crippen molar-refractivity contribution in [1.82, 2.24) is 15.0 Å². The lowest BCUT2D eigenvalue weighted by Crippen LogP contribution is -2.41. The number of halogens is 1. The minimum Gasteiger partial charge on any atom is -0.337 e. The number of benzene rings is 2. The molecule has 2 aromatic carbocycles. The molecule has 4 rings (SSSR count). The number of hydrogen-bond acceptors (Lipinski definition) is 4. The summed E-state index contributed by atoms with van der Waals surface area (Å²) in [5, 5.41) is 7.43. The number of para-hydroxylation sites is 1. The van der Waals surface area contributed by atoms with E-state index in [-0.39, 0.29) is 12.1 Å². The number of rotatable bonds is 5. The molecule has 1 aromatic heterocycles. The predicted octanol–water partition coefficient (Wildman–Crippen LogP) is 7.51. The molecule has 1 unspecified atom stereocenters. The minimum absolute atomic E-state index is 0.113. The highest BCUT2D eigenvalue weighted by atomic mass is 79.9. The van der Waals surface area contributed by atoms with Crippen molar-refractivity contribution in [2.75, 3.05) is 11.9 Å². The van der Waals surface area contributed by atoms with Crippen LogP contribution in [0.1, 0.15) is 81.9 Å². The van der Waals surface area contributed by atoms with Gasteiger partial charge in [-0.05, 0) is 66.5 Å². The first-order valence-electron chi connectivity index (χ1n) is 11.6. The molecule has 1 saturated heterocycles. The maximum atomic E-state index is 13.5. The number of urea groups is 1. The highest BCUT2D eigenvalue weighted by Gasteiger charge is 2.33. The lowest BCUT2D eigenvalue weighted by molar-refractivity contribution is 0.142. The van der Waals surface area contributed by atoms with Gasteiger partial charge in [-0.25, -0.2) is 4.79 Å². The third-order valence-electron chi connectivity index (χ3n) is 6.20. The number of aromatic nitrogens is 2. The van der Waals surface area contributed by atoms with Crippen molar-refractivity contribution in [3.8, 4) is 11.4 Å². The molecule has 3 aromatic rings. The lowest BCUT2D eigenvalue weighted by atomic mass is 9.92. The number of carbonyl (C=O) groups excluding carboxylic acids is 1. The molecule has 2 amide bonds. The SMILES string of the molecule is CC(C)c1cccc(C(C)C)c1NC(=O)N1CCCCC1c1nc(-c2ccc(Br)cc2)no1. The van der Waals surface area contributed by atoms with Crippen molar-refractivity contribution in [2.24, 2.45) is 0 Å². The van der Waals surface area contributed by atoms with Gasteiger partial charge in [-0.15, -0.1) is 0 Å². The summed E-state index contributed by atoms with van der Waals surface area (Å²) >= 11 is 3.45. The van der Waals surface area contributed by atoms with Gasteiger partial charge in [0.05, 0.1) is 0 Å². The lowest BCUT2D eigenvalue weighted by Gasteiger charge is -2.34. The van der Waals surface area contributed by atoms with Crippen molar-refractivity contribution in [3.05, 3.63) is 64.0 Å². The van der Waals surface area contributed by atoms with Crippen molar-refractivity contribution in [3.63, 3.8) is 0 Å². The Bertz CT molecular complexity index is 1080. The molecule has 1 aliphatic heterocycles. The van der Waals surface area contributed by atoms with Gasteiger partial charge in [0, 0.05) is 22.3 Å². The fraction of sp³-hybridized carbons (Fsp3) is 0.423. The Labute approximate surface area is 203 Å². The van der Waals surface area contributed by atoms with E-state index in [1.807, 2.05) is 29.2 Å². The van der Waals surface area contributed by atoms with Crippen molar-refractivity contribution >= 4 is 27.6 Å². The predicted molar refractivity (Wildman–Crippen MR) is 134 cm³/mol. The Morgan fingerprint density at radius 1 is 1.06 bits per heavy atom. The van der Waals surface area contributed by atoms with Crippen LogP contribution in [0, 0.1) is 0 Å². The van der Waals surface area contributed by atoms with Crippen LogP contribution in [0.5, 0.6) is 0 Å². The number of amides is 2. The van der Waals surface area contributed by atoms with Gasteiger partial charge in [-0.3, -0.25) is 0 Å². The summed E-state index contributed by atoms with van der Waals surface area (Å²) in [5.74, 6) is 1.64. The number of hydrogen-bond donors (Lipinski definition) is 1. The topological polar surface area (TPSA) is 71.3 Å². The molecule has 1 N–H and O–H groups in total. The van der Waals surface area contributed by atoms with Crippen LogP contribution >= 0.6 is 15.9 Å². The zero-order chi connectivity index (χ0) is 23.5. The summed E-state index contributed by atoms with van der Waals surface area (Å²) in [6.07, 6.45) is 2.78. The highest BCUT2D eigenvalue weighted by Crippen LogP contribution is 2.35. The normalized spacial score (nSPS) is 16.5. The molecular formula is C26H31BrN4O2. The van der Waals surface area contributed by atoms with Gasteiger partial charge in [-0.1, -0.05) is 67.0 Å². The summed E-state index contributed by atoms with van der Waals surface area (Å²) in [7, 11) is 0. The van der Waals surface area contributed by atoms with Crippen molar-refractivity contribution in [1.29, 1.82) is 0 Å². The fourth-order valence-electron chi connectivity index (χ4n) is 4.39. The number of carbonyl (C=O) groups is 1. The molecule has 0 spiro atoms. The Kier molecular flexibility index (Phi) is 7.17. The summed E-state index contributed by atoms with van der Waals surface area (Å²) in [5.41, 5.74) is 4.11. The average Bonchev–Trinajstić information content (AvgIpc) is 3.29. The van der Waals surface area contributed by atoms with Crippen LogP contribution in [0.15, 0.2) is 51.5 Å². The first kappa shape index (κ1) is 23.5. The molecular weight excluding hydrogens is 480 g/mol. The van der Waals surface area contributed by atoms with E-state index in [0.29, 0.717) is 30.1 Å². The first-order valence-corrected chi connectivity index (χ1v) is 12.4. The van der Waals surface area contributed by atoms with Gasteiger partial charge in [0.25, 0.3) is 0 Å². The van der Waals surface area contributed by atoms with Crippen LogP contribution in [0.4, 0.5) is 10.5 Å². The molecule has 1 fully saturated rings. The number of anilines is 1. The Hall–Kier alpha value is -2.67. The van der Waals surface area contributed by atoms with E-state index >= 15 is 0 Å². The third kappa shape index (κ3) is 5.13. The van der Waals surface area contributed by atoms with Gasteiger partial charge in [-0.2, -0.15) is 4.98 Å². The standard InChI is InChI=1S/C26H31BrN4O2/c1-16(2)20-8-7-9-21(17(3)4)23(20)28-26(32)31-15-6-5-10-22(31)25-29-24(30-33-25)18-11-13-19(27)14-12-18/h7-9,11-14,16-17,22H,5-6,10,15H2,1-4H3,(H,28,32). The molecule has 0 saturated carbocycles. The van der Waals surface area contributed by atoms with Gasteiger partial charge in [0.2, 0.25) is 11.7 Å². The number of nitrogens with zero attached hydrogens (tertiary/aromatic N) is 3. The maximum Gasteiger partial charge on any atom is 0.322 e. The molecule has 1 atom stereocenters. The first-order chi connectivity index (χ1) is 15.8. The van der Waals surface area contributed by atoms with E-state index < -0.39 is 0 Å². The van der Waals surface area contributed by atoms with Crippen LogP contribution in [0.25, 0.3) is 11.4 Å². The molecule has 1 aliphatic rings. The molecule has 6 nitrogen and oxygen atoms in total. The zero-order valence-electron chi connectivity index (χ0n) is 19.6. The molecule has 33 heavy (non-hydrogen) atoms. The molecule has 0 aliphatic carbocycles. The molecule has 2 heterocycles. The molecule has 0 radical (unpaired) electrons. The molecule has 174 valence electrons. The number of likely N-dealkylation sites (tertiary alicyclic amines) is 1. The van der Waals surface area contributed by atoms with E-state index in [1.165, 1.54) is 0 Å². The van der Waals surface area contributed by atoms with Gasteiger partial charge in [0.15, 0.2) is 0 Å². The van der Waals surface area contributed by atoms with Gasteiger partial charge in [0.1, 0.15) is 6.04 Å². The smallest absolute Gasteiger partial charge is 0.322 e. The van der Waals surface area contributed by atoms with Crippen LogP contribution < -0.4 is 5.32 Å². The third-order valence-corrected chi connectivity index (χ3v) is 6.73. The highest BCUT2D eigenvalue weighted by molar-refractivity contribution is 9.10. The molecule has 0 bridgehead atoms. The zero-order valence-corrected chi connectivity index (χ0v) is 21.2. The van der Waals surface area contributed by atoms with E-state index in [1.54, 1.807) is 0 Å². The number of nitrogens with one attached hydrogen (secondary N) is 1. The Morgan fingerprint density at radius 2 is 1.73 bits per heavy atom. The largest absolute Gasteiger partial charge is 0.337 e. The average molecular weight is 511 g/mol. The fourth-order valence-corrected chi connectivity index (χ4v) is 4.66. The second kappa shape index (κ2) is 10.1. The molecule has 7 heteroatoms. The van der Waals surface area contributed by atoms with E-state index in [0.717, 1.165) is 46.1 Å². The van der Waals surface area contributed by atoms with Crippen LogP contribution in [0.3, 0.4) is 0 Å². The minimum atomic E-state index is -0.232. The quantitative estimate of drug-likeness (QED) is 0.385. The van der Waals surface area contributed by atoms with E-state index in [4.69, 9.17) is 4.52 Å². The van der Waals surface area contributed by atoms with Gasteiger partial charge < -0.3 is 14.7 Å². The summed E-state index contributed by atoms with van der Waals surface area (Å²) in [4.78, 5) is 20.0. The second-order valence-corrected chi connectivity index (χ2v) is 10.1. The Balaban J connectivity index is 1.60. The van der Waals surface area contributed by atoms with E-state index in [2.05, 4.69) is 77.3 Å². The van der Waals surface area contributed by atoms with E-state index in [9.17, 15) is 4.79 Å². The van der Waals surface area contributed by atoms with Crippen LogP contribution in [0.2, 0.25) is 0 Å². The van der Waals surface area contributed by atoms with Crippen molar-refractivity contribution < 1.29 is 9.32 Å². The van der Waals surface area contributed by atoms with Crippen LogP contribution in [-0.4, -0.2) is 27.6 Å². The summed E-state index contributed by atoms with van der Waals surface area (Å²) < 4.78 is 6.64. The maximum absolute atomic E-state index is 13.5. The Morgan fingerprint density at radius 3 is 2.36 bits per heavy atom. The summed E-state index contributed by atoms with van der Waals surface area (Å²) in [6, 6.07) is 13.7. The number of piperidine rings is 1. The van der Waals surface area contributed by atoms with Gasteiger partial charge >= 0.3 is 6.03 Å². The van der Waals surface area contributed by atoms with Crippen molar-refractivity contribution in [2.45, 2.75) is 64.8 Å². The van der Waals surface area contributed by atoms with Crippen LogP contribution in [-0.2, 0) is 0 Å². The second-order valence-electron chi connectivity index (χ2n) is 9.22. The monoisotopic (exact) mass is 510 g/mol. The summed E-state index contributed by atoms with van der Waals surface area (Å²) in [6.45, 7) is 9.27.